The summed E-state index contributed by atoms with van der Waals surface area (Å²) in [6.45, 7) is -0.283. The van der Waals surface area contributed by atoms with Crippen LogP contribution in [0, 0.1) is 0 Å². The second-order valence-electron chi connectivity index (χ2n) is 6.87. The number of aromatic nitrogens is 1. The van der Waals surface area contributed by atoms with Gasteiger partial charge in [0, 0.05) is 11.2 Å². The maximum Gasteiger partial charge on any atom is 0.258 e. The van der Waals surface area contributed by atoms with Crippen LogP contribution in [0.5, 0.6) is 5.75 Å². The highest BCUT2D eigenvalue weighted by molar-refractivity contribution is 6.30. The third-order valence-corrected chi connectivity index (χ3v) is 5.00. The van der Waals surface area contributed by atoms with Crippen molar-refractivity contribution >= 4 is 29.1 Å². The van der Waals surface area contributed by atoms with Crippen LogP contribution < -0.4 is 15.4 Å². The molecule has 0 unspecified atom stereocenters. The van der Waals surface area contributed by atoms with Crippen molar-refractivity contribution in [1.29, 1.82) is 0 Å². The molecule has 0 aliphatic heterocycles. The summed E-state index contributed by atoms with van der Waals surface area (Å²) in [5, 5.41) is 5.89. The van der Waals surface area contributed by atoms with Crippen molar-refractivity contribution in [3.8, 4) is 5.75 Å². The molecule has 7 heteroatoms. The molecular weight excluding hydrogens is 378 g/mol. The van der Waals surface area contributed by atoms with Crippen LogP contribution in [0.2, 0.25) is 5.02 Å². The normalized spacial score (nSPS) is 14.3. The lowest BCUT2D eigenvalue weighted by molar-refractivity contribution is -0.125. The van der Waals surface area contributed by atoms with Gasteiger partial charge in [-0.3, -0.25) is 14.6 Å². The van der Waals surface area contributed by atoms with E-state index in [1.54, 1.807) is 24.4 Å². The minimum atomic E-state index is -0.356. The molecule has 3 rings (SSSR count). The standard InChI is InChI=1S/C21H24ClN3O3/c22-16-8-9-19(18(11-16)15-5-2-1-3-6-15)28-14-21(27)24-13-20(26)25-17-7-4-10-23-12-17/h4,7-12,15H,1-3,5-6,13-14H2,(H,24,27)(H,25,26). The van der Waals surface area contributed by atoms with Crippen LogP contribution in [0.3, 0.4) is 0 Å². The molecule has 148 valence electrons. The molecule has 2 aromatic rings. The molecule has 0 atom stereocenters. The first-order valence-corrected chi connectivity index (χ1v) is 9.88. The summed E-state index contributed by atoms with van der Waals surface area (Å²) in [6.07, 6.45) is 9.03. The Morgan fingerprint density at radius 3 is 2.71 bits per heavy atom. The molecule has 2 N–H and O–H groups in total. The number of amides is 2. The number of carbonyl (C=O) groups excluding carboxylic acids is 2. The number of nitrogens with one attached hydrogen (secondary N) is 2. The van der Waals surface area contributed by atoms with Gasteiger partial charge in [0.1, 0.15) is 5.75 Å². The van der Waals surface area contributed by atoms with Crippen molar-refractivity contribution in [1.82, 2.24) is 10.3 Å². The molecule has 1 aromatic carbocycles. The Morgan fingerprint density at radius 2 is 1.96 bits per heavy atom. The fraction of sp³-hybridized carbons (Fsp3) is 0.381. The molecule has 1 saturated carbocycles. The van der Waals surface area contributed by atoms with E-state index < -0.39 is 0 Å². The lowest BCUT2D eigenvalue weighted by Gasteiger charge is -2.24. The van der Waals surface area contributed by atoms with Gasteiger partial charge >= 0.3 is 0 Å². The summed E-state index contributed by atoms with van der Waals surface area (Å²) in [7, 11) is 0. The number of benzene rings is 1. The van der Waals surface area contributed by atoms with Crippen molar-refractivity contribution in [2.75, 3.05) is 18.5 Å². The van der Waals surface area contributed by atoms with Crippen molar-refractivity contribution in [2.24, 2.45) is 0 Å². The molecule has 0 saturated heterocycles. The number of pyridine rings is 1. The highest BCUT2D eigenvalue weighted by Crippen LogP contribution is 2.38. The van der Waals surface area contributed by atoms with Gasteiger partial charge in [-0.25, -0.2) is 0 Å². The predicted octanol–water partition coefficient (Wildman–Crippen LogP) is 3.92. The number of nitrogens with zero attached hydrogens (tertiary/aromatic N) is 1. The molecule has 1 aliphatic rings. The van der Waals surface area contributed by atoms with Gasteiger partial charge in [0.25, 0.3) is 5.91 Å². The molecular formula is C21H24ClN3O3. The molecule has 2 amide bonds. The fourth-order valence-electron chi connectivity index (χ4n) is 3.40. The van der Waals surface area contributed by atoms with Crippen molar-refractivity contribution in [3.05, 3.63) is 53.3 Å². The van der Waals surface area contributed by atoms with Crippen molar-refractivity contribution in [3.63, 3.8) is 0 Å². The minimum absolute atomic E-state index is 0.132. The monoisotopic (exact) mass is 401 g/mol. The Morgan fingerprint density at radius 1 is 1.14 bits per heavy atom. The Hall–Kier alpha value is -2.60. The zero-order valence-corrected chi connectivity index (χ0v) is 16.4. The van der Waals surface area contributed by atoms with Gasteiger partial charge in [-0.2, -0.15) is 0 Å². The Balaban J connectivity index is 1.49. The Kier molecular flexibility index (Phi) is 7.25. The molecule has 1 fully saturated rings. The lowest BCUT2D eigenvalue weighted by atomic mass is 9.84. The van der Waals surface area contributed by atoms with Crippen LogP contribution in [0.1, 0.15) is 43.6 Å². The third kappa shape index (κ3) is 5.96. The van der Waals surface area contributed by atoms with E-state index in [1.165, 1.54) is 25.5 Å². The first kappa shape index (κ1) is 20.1. The highest BCUT2D eigenvalue weighted by atomic mass is 35.5. The van der Waals surface area contributed by atoms with Gasteiger partial charge in [0.05, 0.1) is 18.4 Å². The molecule has 1 heterocycles. The van der Waals surface area contributed by atoms with Gasteiger partial charge < -0.3 is 15.4 Å². The van der Waals surface area contributed by atoms with Crippen LogP contribution >= 0.6 is 11.6 Å². The van der Waals surface area contributed by atoms with Crippen LogP contribution in [0.4, 0.5) is 5.69 Å². The van der Waals surface area contributed by atoms with Crippen LogP contribution in [-0.4, -0.2) is 29.9 Å². The molecule has 0 radical (unpaired) electrons. The summed E-state index contributed by atoms with van der Waals surface area (Å²) in [5.41, 5.74) is 1.64. The number of anilines is 1. The number of hydrogen-bond acceptors (Lipinski definition) is 4. The number of rotatable bonds is 7. The van der Waals surface area contributed by atoms with E-state index in [1.807, 2.05) is 12.1 Å². The second-order valence-corrected chi connectivity index (χ2v) is 7.31. The lowest BCUT2D eigenvalue weighted by Crippen LogP contribution is -2.35. The van der Waals surface area contributed by atoms with Crippen LogP contribution in [-0.2, 0) is 9.59 Å². The largest absolute Gasteiger partial charge is 0.483 e. The highest BCUT2D eigenvalue weighted by Gasteiger charge is 2.20. The van der Waals surface area contributed by atoms with E-state index >= 15 is 0 Å². The zero-order chi connectivity index (χ0) is 19.8. The summed E-state index contributed by atoms with van der Waals surface area (Å²) in [6, 6.07) is 8.96. The molecule has 0 bridgehead atoms. The summed E-state index contributed by atoms with van der Waals surface area (Å²) in [4.78, 5) is 27.9. The van der Waals surface area contributed by atoms with Crippen LogP contribution in [0.15, 0.2) is 42.7 Å². The fourth-order valence-corrected chi connectivity index (χ4v) is 3.58. The van der Waals surface area contributed by atoms with E-state index in [-0.39, 0.29) is 25.0 Å². The van der Waals surface area contributed by atoms with E-state index in [0.29, 0.717) is 22.4 Å². The Labute approximate surface area is 169 Å². The van der Waals surface area contributed by atoms with Crippen LogP contribution in [0.25, 0.3) is 0 Å². The average Bonchev–Trinajstić information content (AvgIpc) is 2.72. The Bertz CT molecular complexity index is 808. The van der Waals surface area contributed by atoms with E-state index in [9.17, 15) is 9.59 Å². The maximum atomic E-state index is 12.1. The molecule has 6 nitrogen and oxygen atoms in total. The van der Waals surface area contributed by atoms with Gasteiger partial charge in [-0.05, 0) is 54.7 Å². The van der Waals surface area contributed by atoms with Gasteiger partial charge in [-0.15, -0.1) is 0 Å². The quantitative estimate of drug-likeness (QED) is 0.736. The number of halogens is 1. The van der Waals surface area contributed by atoms with E-state index in [0.717, 1.165) is 18.4 Å². The number of hydrogen-bond donors (Lipinski definition) is 2. The van der Waals surface area contributed by atoms with Gasteiger partial charge in [0.2, 0.25) is 5.91 Å². The predicted molar refractivity (Wildman–Crippen MR) is 109 cm³/mol. The second kappa shape index (κ2) is 10.1. The minimum Gasteiger partial charge on any atom is -0.483 e. The average molecular weight is 402 g/mol. The SMILES string of the molecule is O=C(COc1ccc(Cl)cc1C1CCCCC1)NCC(=O)Nc1cccnc1. The smallest absolute Gasteiger partial charge is 0.258 e. The maximum absolute atomic E-state index is 12.1. The first-order chi connectivity index (χ1) is 13.6. The number of ether oxygens (including phenoxy) is 1. The van der Waals surface area contributed by atoms with Crippen molar-refractivity contribution in [2.45, 2.75) is 38.0 Å². The third-order valence-electron chi connectivity index (χ3n) is 4.77. The molecule has 0 spiro atoms. The van der Waals surface area contributed by atoms with E-state index in [2.05, 4.69) is 15.6 Å². The van der Waals surface area contributed by atoms with Gasteiger partial charge in [0.15, 0.2) is 6.61 Å². The van der Waals surface area contributed by atoms with Crippen molar-refractivity contribution < 1.29 is 14.3 Å². The zero-order valence-electron chi connectivity index (χ0n) is 15.6. The first-order valence-electron chi connectivity index (χ1n) is 9.50. The van der Waals surface area contributed by atoms with E-state index in [4.69, 9.17) is 16.3 Å². The number of carbonyl (C=O) groups is 2. The summed E-state index contributed by atoms with van der Waals surface area (Å²) >= 11 is 6.17. The summed E-state index contributed by atoms with van der Waals surface area (Å²) in [5.74, 6) is 0.420. The molecule has 1 aliphatic carbocycles. The molecule has 28 heavy (non-hydrogen) atoms. The van der Waals surface area contributed by atoms with Gasteiger partial charge in [-0.1, -0.05) is 30.9 Å². The topological polar surface area (TPSA) is 80.3 Å². The summed E-state index contributed by atoms with van der Waals surface area (Å²) < 4.78 is 5.75. The molecule has 1 aromatic heterocycles.